The molecule has 2 fully saturated rings. The summed E-state index contributed by atoms with van der Waals surface area (Å²) >= 11 is 6.23. The van der Waals surface area contributed by atoms with Crippen molar-refractivity contribution in [3.63, 3.8) is 0 Å². The first-order chi connectivity index (χ1) is 10.3. The molecule has 2 saturated heterocycles. The van der Waals surface area contributed by atoms with Gasteiger partial charge in [0, 0.05) is 43.8 Å². The Hall–Kier alpha value is -0.610. The van der Waals surface area contributed by atoms with Crippen molar-refractivity contribution in [3.8, 4) is 0 Å². The van der Waals surface area contributed by atoms with Gasteiger partial charge >= 0.3 is 0 Å². The zero-order valence-electron chi connectivity index (χ0n) is 12.7. The monoisotopic (exact) mass is 307 g/mol. The molecule has 0 spiro atoms. The molecule has 0 aromatic heterocycles. The minimum absolute atomic E-state index is 0.476. The van der Waals surface area contributed by atoms with E-state index in [1.165, 1.54) is 37.9 Å². The standard InChI is InChI=1S/C17H26ClN3/c18-16-6-4-5-15(13-16)17(21-11-7-19-8-12-21)14-20-9-2-1-3-10-20/h4-6,13,17,19H,1-3,7-12,14H2. The van der Waals surface area contributed by atoms with E-state index < -0.39 is 0 Å². The fraction of sp³-hybridized carbons (Fsp3) is 0.647. The molecule has 0 aliphatic carbocycles. The molecule has 2 aliphatic heterocycles. The second kappa shape index (κ2) is 7.59. The zero-order valence-corrected chi connectivity index (χ0v) is 13.5. The van der Waals surface area contributed by atoms with Crippen LogP contribution in [0.5, 0.6) is 0 Å². The lowest BCUT2D eigenvalue weighted by molar-refractivity contribution is 0.114. The van der Waals surface area contributed by atoms with E-state index in [1.54, 1.807) is 0 Å². The molecule has 1 atom stereocenters. The van der Waals surface area contributed by atoms with Crippen LogP contribution in [0.3, 0.4) is 0 Å². The molecule has 0 amide bonds. The van der Waals surface area contributed by atoms with Gasteiger partial charge < -0.3 is 10.2 Å². The summed E-state index contributed by atoms with van der Waals surface area (Å²) in [6.45, 7) is 8.09. The van der Waals surface area contributed by atoms with Gasteiger partial charge in [0.15, 0.2) is 0 Å². The van der Waals surface area contributed by atoms with Gasteiger partial charge in [-0.15, -0.1) is 0 Å². The number of benzene rings is 1. The van der Waals surface area contributed by atoms with Crippen molar-refractivity contribution < 1.29 is 0 Å². The first kappa shape index (κ1) is 15.3. The third-order valence-corrected chi connectivity index (χ3v) is 4.94. The fourth-order valence-corrected chi connectivity index (χ4v) is 3.72. The number of nitrogens with zero attached hydrogens (tertiary/aromatic N) is 2. The molecule has 1 aromatic rings. The topological polar surface area (TPSA) is 18.5 Å². The molecule has 2 aliphatic rings. The van der Waals surface area contributed by atoms with Gasteiger partial charge in [-0.25, -0.2) is 0 Å². The van der Waals surface area contributed by atoms with E-state index in [1.807, 2.05) is 6.07 Å². The molecule has 1 unspecified atom stereocenters. The van der Waals surface area contributed by atoms with Crippen LogP contribution in [0, 0.1) is 0 Å². The predicted octanol–water partition coefficient (Wildman–Crippen LogP) is 2.77. The fourth-order valence-electron chi connectivity index (χ4n) is 3.53. The number of nitrogens with one attached hydrogen (secondary N) is 1. The minimum Gasteiger partial charge on any atom is -0.314 e. The Morgan fingerprint density at radius 1 is 1.05 bits per heavy atom. The number of halogens is 1. The predicted molar refractivity (Wildman–Crippen MR) is 88.9 cm³/mol. The van der Waals surface area contributed by atoms with Crippen molar-refractivity contribution in [3.05, 3.63) is 34.9 Å². The van der Waals surface area contributed by atoms with Gasteiger partial charge in [0.2, 0.25) is 0 Å². The van der Waals surface area contributed by atoms with Gasteiger partial charge in [0.1, 0.15) is 0 Å². The van der Waals surface area contributed by atoms with Crippen LogP contribution < -0.4 is 5.32 Å². The lowest BCUT2D eigenvalue weighted by Crippen LogP contribution is -2.48. The van der Waals surface area contributed by atoms with Gasteiger partial charge in [-0.1, -0.05) is 30.2 Å². The molecule has 3 rings (SSSR count). The molecule has 0 saturated carbocycles. The third-order valence-electron chi connectivity index (χ3n) is 4.71. The highest BCUT2D eigenvalue weighted by Gasteiger charge is 2.25. The van der Waals surface area contributed by atoms with Crippen molar-refractivity contribution >= 4 is 11.6 Å². The number of hydrogen-bond donors (Lipinski definition) is 1. The molecule has 21 heavy (non-hydrogen) atoms. The molecule has 0 bridgehead atoms. The average Bonchev–Trinajstić information content (AvgIpc) is 2.54. The Labute approximate surface area is 133 Å². The zero-order chi connectivity index (χ0) is 14.5. The summed E-state index contributed by atoms with van der Waals surface area (Å²) in [5.74, 6) is 0. The lowest BCUT2D eigenvalue weighted by Gasteiger charge is -2.39. The van der Waals surface area contributed by atoms with Crippen molar-refractivity contribution in [1.29, 1.82) is 0 Å². The molecule has 0 radical (unpaired) electrons. The molecule has 116 valence electrons. The molecule has 1 aromatic carbocycles. The summed E-state index contributed by atoms with van der Waals surface area (Å²) in [4.78, 5) is 5.26. The van der Waals surface area contributed by atoms with Gasteiger partial charge in [0.05, 0.1) is 0 Å². The van der Waals surface area contributed by atoms with Crippen molar-refractivity contribution in [1.82, 2.24) is 15.1 Å². The van der Waals surface area contributed by atoms with E-state index in [9.17, 15) is 0 Å². The van der Waals surface area contributed by atoms with E-state index >= 15 is 0 Å². The quantitative estimate of drug-likeness (QED) is 0.923. The van der Waals surface area contributed by atoms with Crippen LogP contribution in [-0.4, -0.2) is 55.6 Å². The maximum atomic E-state index is 6.23. The summed E-state index contributed by atoms with van der Waals surface area (Å²) < 4.78 is 0. The van der Waals surface area contributed by atoms with E-state index in [2.05, 4.69) is 33.3 Å². The van der Waals surface area contributed by atoms with Crippen LogP contribution in [0.15, 0.2) is 24.3 Å². The molecule has 2 heterocycles. The molecule has 3 nitrogen and oxygen atoms in total. The maximum Gasteiger partial charge on any atom is 0.0476 e. The Kier molecular flexibility index (Phi) is 5.53. The number of likely N-dealkylation sites (tertiary alicyclic amines) is 1. The lowest BCUT2D eigenvalue weighted by atomic mass is 10.0. The van der Waals surface area contributed by atoms with Crippen LogP contribution in [0.1, 0.15) is 30.9 Å². The van der Waals surface area contributed by atoms with Crippen LogP contribution in [-0.2, 0) is 0 Å². The summed E-state index contributed by atoms with van der Waals surface area (Å²) in [5.41, 5.74) is 1.37. The Balaban J connectivity index is 1.75. The largest absolute Gasteiger partial charge is 0.314 e. The Bertz CT molecular complexity index is 439. The van der Waals surface area contributed by atoms with Crippen LogP contribution in [0.2, 0.25) is 5.02 Å². The van der Waals surface area contributed by atoms with E-state index in [4.69, 9.17) is 11.6 Å². The normalized spacial score (nSPS) is 23.1. The van der Waals surface area contributed by atoms with Gasteiger partial charge in [-0.05, 0) is 43.6 Å². The molecular weight excluding hydrogens is 282 g/mol. The van der Waals surface area contributed by atoms with E-state index in [-0.39, 0.29) is 0 Å². The number of piperazine rings is 1. The van der Waals surface area contributed by atoms with Crippen LogP contribution >= 0.6 is 11.6 Å². The highest BCUT2D eigenvalue weighted by atomic mass is 35.5. The SMILES string of the molecule is Clc1cccc(C(CN2CCCCC2)N2CCNCC2)c1. The second-order valence-electron chi connectivity index (χ2n) is 6.22. The molecular formula is C17H26ClN3. The first-order valence-corrected chi connectivity index (χ1v) is 8.63. The summed E-state index contributed by atoms with van der Waals surface area (Å²) in [5, 5.41) is 4.31. The Morgan fingerprint density at radius 2 is 1.81 bits per heavy atom. The second-order valence-corrected chi connectivity index (χ2v) is 6.65. The van der Waals surface area contributed by atoms with Gasteiger partial charge in [-0.2, -0.15) is 0 Å². The average molecular weight is 308 g/mol. The van der Waals surface area contributed by atoms with Crippen molar-refractivity contribution in [2.75, 3.05) is 45.8 Å². The Morgan fingerprint density at radius 3 is 2.52 bits per heavy atom. The van der Waals surface area contributed by atoms with E-state index in [0.717, 1.165) is 37.7 Å². The number of piperidine rings is 1. The number of rotatable bonds is 4. The van der Waals surface area contributed by atoms with E-state index in [0.29, 0.717) is 6.04 Å². The van der Waals surface area contributed by atoms with Gasteiger partial charge in [0.25, 0.3) is 0 Å². The minimum atomic E-state index is 0.476. The highest BCUT2D eigenvalue weighted by Crippen LogP contribution is 2.26. The smallest absolute Gasteiger partial charge is 0.0476 e. The molecule has 4 heteroatoms. The first-order valence-electron chi connectivity index (χ1n) is 8.25. The molecule has 1 N–H and O–H groups in total. The third kappa shape index (κ3) is 4.19. The summed E-state index contributed by atoms with van der Waals surface area (Å²) in [6, 6.07) is 8.92. The van der Waals surface area contributed by atoms with Crippen molar-refractivity contribution in [2.45, 2.75) is 25.3 Å². The number of hydrogen-bond acceptors (Lipinski definition) is 3. The van der Waals surface area contributed by atoms with Crippen LogP contribution in [0.4, 0.5) is 0 Å². The summed E-state index contributed by atoms with van der Waals surface area (Å²) in [7, 11) is 0. The summed E-state index contributed by atoms with van der Waals surface area (Å²) in [6.07, 6.45) is 4.10. The highest BCUT2D eigenvalue weighted by molar-refractivity contribution is 6.30. The van der Waals surface area contributed by atoms with Crippen molar-refractivity contribution in [2.24, 2.45) is 0 Å². The van der Waals surface area contributed by atoms with Crippen LogP contribution in [0.25, 0.3) is 0 Å². The maximum absolute atomic E-state index is 6.23. The van der Waals surface area contributed by atoms with Gasteiger partial charge in [-0.3, -0.25) is 4.90 Å².